The minimum Gasteiger partial charge on any atom is -0.339 e. The van der Waals surface area contributed by atoms with Crippen molar-refractivity contribution in [3.63, 3.8) is 0 Å². The molecule has 0 saturated carbocycles. The highest BCUT2D eigenvalue weighted by atomic mass is 79.9. The van der Waals surface area contributed by atoms with Gasteiger partial charge in [0.25, 0.3) is 0 Å². The van der Waals surface area contributed by atoms with Gasteiger partial charge in [-0.15, -0.1) is 9.24 Å². The van der Waals surface area contributed by atoms with Crippen LogP contribution >= 0.6 is 25.2 Å². The fourth-order valence-corrected chi connectivity index (χ4v) is 3.99. The number of nitrogens with one attached hydrogen (secondary N) is 1. The predicted molar refractivity (Wildman–Crippen MR) is 95.9 cm³/mol. The zero-order valence-electron chi connectivity index (χ0n) is 12.2. The zero-order valence-corrected chi connectivity index (χ0v) is 15.8. The summed E-state index contributed by atoms with van der Waals surface area (Å²) in [6, 6.07) is 10.1. The Hall–Kier alpha value is -1.52. The summed E-state index contributed by atoms with van der Waals surface area (Å²) < 4.78 is 26.4. The highest BCUT2D eigenvalue weighted by molar-refractivity contribution is 9.10. The minimum absolute atomic E-state index is 0.202. The molecular formula is C14H14BrN4O2PS. The van der Waals surface area contributed by atoms with Crippen molar-refractivity contribution in [1.82, 2.24) is 9.29 Å². The summed E-state index contributed by atoms with van der Waals surface area (Å²) in [5, 5.41) is 11.8. The van der Waals surface area contributed by atoms with E-state index >= 15 is 0 Å². The quantitative estimate of drug-likeness (QED) is 0.762. The minimum atomic E-state index is -3.51. The third-order valence-electron chi connectivity index (χ3n) is 3.06. The summed E-state index contributed by atoms with van der Waals surface area (Å²) in [6.45, 7) is 0. The molecule has 0 radical (unpaired) electrons. The maximum atomic E-state index is 12.3. The van der Waals surface area contributed by atoms with Gasteiger partial charge in [-0.2, -0.15) is 9.57 Å². The lowest BCUT2D eigenvalue weighted by Crippen LogP contribution is -2.25. The van der Waals surface area contributed by atoms with Crippen LogP contribution in [0.2, 0.25) is 0 Å². The van der Waals surface area contributed by atoms with Crippen LogP contribution in [0.15, 0.2) is 45.9 Å². The Bertz CT molecular complexity index is 850. The lowest BCUT2D eigenvalue weighted by molar-refractivity contribution is 0.512. The van der Waals surface area contributed by atoms with Gasteiger partial charge in [0.1, 0.15) is 11.9 Å². The van der Waals surface area contributed by atoms with E-state index in [4.69, 9.17) is 5.26 Å². The summed E-state index contributed by atoms with van der Waals surface area (Å²) >= 11 is 3.37. The van der Waals surface area contributed by atoms with E-state index in [1.54, 1.807) is 18.2 Å². The number of hydrogen-bond donors (Lipinski definition) is 1. The molecule has 0 aliphatic rings. The topological polar surface area (TPSA) is 86.1 Å². The molecule has 9 heteroatoms. The maximum absolute atomic E-state index is 12.3. The summed E-state index contributed by atoms with van der Waals surface area (Å²) in [5.74, 6) is 0.558. The normalized spacial score (nSPS) is 11.3. The Morgan fingerprint density at radius 2 is 2.13 bits per heavy atom. The van der Waals surface area contributed by atoms with Crippen LogP contribution in [-0.2, 0) is 10.0 Å². The summed E-state index contributed by atoms with van der Waals surface area (Å²) in [5.41, 5.74) is 1.14. The lowest BCUT2D eigenvalue weighted by Gasteiger charge is -2.16. The zero-order chi connectivity index (χ0) is 17.0. The van der Waals surface area contributed by atoms with Crippen LogP contribution in [-0.4, -0.2) is 31.0 Å². The average molecular weight is 413 g/mol. The number of halogens is 1. The fourth-order valence-electron chi connectivity index (χ4n) is 1.71. The molecule has 0 saturated heterocycles. The van der Waals surface area contributed by atoms with Gasteiger partial charge < -0.3 is 5.32 Å². The Kier molecular flexibility index (Phi) is 5.71. The van der Waals surface area contributed by atoms with Gasteiger partial charge in [-0.1, -0.05) is 0 Å². The van der Waals surface area contributed by atoms with E-state index in [0.29, 0.717) is 27.8 Å². The molecule has 0 aliphatic heterocycles. The summed E-state index contributed by atoms with van der Waals surface area (Å²) in [4.78, 5) is 4.32. The van der Waals surface area contributed by atoms with Crippen LogP contribution in [0.3, 0.4) is 0 Å². The maximum Gasteiger partial charge on any atom is 0.243 e. The van der Waals surface area contributed by atoms with Gasteiger partial charge in [-0.3, -0.25) is 0 Å². The third kappa shape index (κ3) is 4.06. The Morgan fingerprint density at radius 3 is 2.65 bits per heavy atom. The number of rotatable bonds is 5. The van der Waals surface area contributed by atoms with Crippen molar-refractivity contribution in [2.24, 2.45) is 0 Å². The van der Waals surface area contributed by atoms with Gasteiger partial charge >= 0.3 is 0 Å². The number of sulfonamides is 1. The van der Waals surface area contributed by atoms with Crippen molar-refractivity contribution in [2.45, 2.75) is 4.90 Å². The first-order chi connectivity index (χ1) is 10.9. The molecule has 6 nitrogen and oxygen atoms in total. The second-order valence-corrected chi connectivity index (χ2v) is 7.86. The molecule has 120 valence electrons. The number of nitrogens with zero attached hydrogens (tertiary/aromatic N) is 3. The lowest BCUT2D eigenvalue weighted by atomic mass is 10.3. The Labute approximate surface area is 145 Å². The van der Waals surface area contributed by atoms with E-state index in [-0.39, 0.29) is 4.90 Å². The third-order valence-corrected chi connectivity index (χ3v) is 6.35. The first-order valence-corrected chi connectivity index (χ1v) is 9.52. The van der Waals surface area contributed by atoms with Crippen LogP contribution in [0.1, 0.15) is 5.56 Å². The van der Waals surface area contributed by atoms with E-state index in [1.807, 2.05) is 6.07 Å². The SMILES string of the molecule is CN(CP)S(=O)(=O)c1ccc(Nc2ccc(C#N)cn2)c(Br)c1. The monoisotopic (exact) mass is 412 g/mol. The molecule has 0 spiro atoms. The first kappa shape index (κ1) is 17.8. The largest absolute Gasteiger partial charge is 0.339 e. The smallest absolute Gasteiger partial charge is 0.243 e. The van der Waals surface area contributed by atoms with E-state index in [0.717, 1.165) is 0 Å². The summed E-state index contributed by atoms with van der Waals surface area (Å²) in [6.07, 6.45) is 1.78. The molecule has 23 heavy (non-hydrogen) atoms. The van der Waals surface area contributed by atoms with Crippen LogP contribution in [0.25, 0.3) is 0 Å². The molecular weight excluding hydrogens is 399 g/mol. The van der Waals surface area contributed by atoms with Crippen molar-refractivity contribution in [3.05, 3.63) is 46.6 Å². The molecule has 0 amide bonds. The van der Waals surface area contributed by atoms with E-state index < -0.39 is 10.0 Å². The second kappa shape index (κ2) is 7.37. The molecule has 0 bridgehead atoms. The molecule has 2 rings (SSSR count). The van der Waals surface area contributed by atoms with Gasteiger partial charge in [-0.25, -0.2) is 13.4 Å². The van der Waals surface area contributed by atoms with Gasteiger partial charge in [0, 0.05) is 24.0 Å². The summed E-state index contributed by atoms with van der Waals surface area (Å²) in [7, 11) is 0.387. The molecule has 1 aromatic heterocycles. The Balaban J connectivity index is 2.27. The van der Waals surface area contributed by atoms with Gasteiger partial charge in [0.2, 0.25) is 10.0 Å². The van der Waals surface area contributed by atoms with E-state index in [1.165, 1.54) is 29.7 Å². The van der Waals surface area contributed by atoms with Crippen molar-refractivity contribution in [2.75, 3.05) is 18.7 Å². The predicted octanol–water partition coefficient (Wildman–Crippen LogP) is 2.91. The van der Waals surface area contributed by atoms with Gasteiger partial charge in [0.15, 0.2) is 0 Å². The molecule has 0 fully saturated rings. The number of nitriles is 1. The number of benzene rings is 1. The standard InChI is InChI=1S/C14H14BrN4O2PS/c1-19(9-22)23(20,21)11-3-4-13(12(15)6-11)18-14-5-2-10(7-16)8-17-14/h2-6,8H,9,22H2,1H3,(H,17,18). The molecule has 1 heterocycles. The van der Waals surface area contributed by atoms with Crippen LogP contribution in [0.5, 0.6) is 0 Å². The van der Waals surface area contributed by atoms with Crippen LogP contribution < -0.4 is 5.32 Å². The molecule has 0 aliphatic carbocycles. The fraction of sp³-hybridized carbons (Fsp3) is 0.143. The molecule has 2 aromatic rings. The van der Waals surface area contributed by atoms with Crippen molar-refractivity contribution in [3.8, 4) is 6.07 Å². The van der Waals surface area contributed by atoms with Gasteiger partial charge in [0.05, 0.1) is 16.1 Å². The van der Waals surface area contributed by atoms with Crippen molar-refractivity contribution < 1.29 is 8.42 Å². The molecule has 1 aromatic carbocycles. The number of anilines is 2. The highest BCUT2D eigenvalue weighted by Gasteiger charge is 2.20. The molecule has 1 unspecified atom stereocenters. The van der Waals surface area contributed by atoms with Crippen molar-refractivity contribution >= 4 is 46.7 Å². The highest BCUT2D eigenvalue weighted by Crippen LogP contribution is 2.29. The molecule has 1 N–H and O–H groups in total. The number of hydrogen-bond acceptors (Lipinski definition) is 5. The first-order valence-electron chi connectivity index (χ1n) is 6.47. The van der Waals surface area contributed by atoms with Crippen LogP contribution in [0.4, 0.5) is 11.5 Å². The average Bonchev–Trinajstić information content (AvgIpc) is 2.56. The number of pyridine rings is 1. The van der Waals surface area contributed by atoms with Crippen molar-refractivity contribution in [1.29, 1.82) is 5.26 Å². The van der Waals surface area contributed by atoms with E-state index in [2.05, 4.69) is 35.5 Å². The Morgan fingerprint density at radius 1 is 1.39 bits per heavy atom. The van der Waals surface area contributed by atoms with Gasteiger partial charge in [-0.05, 0) is 46.3 Å². The molecule has 1 atom stereocenters. The van der Waals surface area contributed by atoms with Crippen LogP contribution in [0, 0.1) is 11.3 Å². The second-order valence-electron chi connectivity index (χ2n) is 4.60. The number of aromatic nitrogens is 1. The van der Waals surface area contributed by atoms with E-state index in [9.17, 15) is 8.42 Å².